The first-order valence-corrected chi connectivity index (χ1v) is 19.4. The smallest absolute Gasteiger partial charge is 0.309 e. The molecule has 0 radical (unpaired) electrons. The first kappa shape index (κ1) is 38.1. The standard InChI is InChI=1S/C52H28F6N4/c53-51(54,55)38-7-5-6-37(24-38)50-48(61-44-10-3-1-8-40(44)42-22-20-35(25-46(42)61)33-16-12-31(29-59)13-17-33)27-39(52(56,57)58)28-49(50)62-45-11-4-2-9-41(45)43-23-21-36(26-47(43)62)34-18-14-32(30-60)15-19-34/h1-28H. The van der Waals surface area contributed by atoms with E-state index in [0.29, 0.717) is 33.2 Å². The van der Waals surface area contributed by atoms with Crippen molar-refractivity contribution in [1.29, 1.82) is 10.5 Å². The SMILES string of the molecule is N#Cc1ccc(-c2ccc3c4ccccc4n(-c4cc(C(F)(F)F)cc(-n5c6ccccc6c6ccc(-c7ccc(C#N)cc7)cc65)c4-c4cccc(C(F)(F)F)c4)c3c2)cc1. The van der Waals surface area contributed by atoms with E-state index in [1.54, 1.807) is 81.9 Å². The first-order valence-electron chi connectivity index (χ1n) is 19.4. The number of halogens is 6. The summed E-state index contributed by atoms with van der Waals surface area (Å²) < 4.78 is 93.8. The highest BCUT2D eigenvalue weighted by molar-refractivity contribution is 6.13. The molecule has 0 fully saturated rings. The molecule has 0 saturated heterocycles. The van der Waals surface area contributed by atoms with Crippen LogP contribution in [0, 0.1) is 22.7 Å². The van der Waals surface area contributed by atoms with Crippen LogP contribution in [0.2, 0.25) is 0 Å². The van der Waals surface area contributed by atoms with E-state index in [9.17, 15) is 23.7 Å². The Hall–Kier alpha value is -8.08. The Kier molecular flexibility index (Phi) is 8.79. The van der Waals surface area contributed by atoms with Crippen molar-refractivity contribution in [2.45, 2.75) is 12.4 Å². The Bertz CT molecular complexity index is 3310. The summed E-state index contributed by atoms with van der Waals surface area (Å²) in [5, 5.41) is 21.8. The van der Waals surface area contributed by atoms with Gasteiger partial charge in [0.15, 0.2) is 0 Å². The first-order chi connectivity index (χ1) is 29.9. The largest absolute Gasteiger partial charge is 0.416 e. The average Bonchev–Trinajstić information content (AvgIpc) is 3.80. The van der Waals surface area contributed by atoms with Crippen molar-refractivity contribution < 1.29 is 26.3 Å². The molecule has 0 amide bonds. The molecule has 0 aliphatic carbocycles. The predicted octanol–water partition coefficient (Wildman–Crippen LogP) is 14.7. The molecule has 0 N–H and O–H groups in total. The number of nitrogens with zero attached hydrogens (tertiary/aromatic N) is 4. The van der Waals surface area contributed by atoms with Gasteiger partial charge in [0.2, 0.25) is 0 Å². The minimum Gasteiger partial charge on any atom is -0.309 e. The minimum absolute atomic E-state index is 0.0199. The summed E-state index contributed by atoms with van der Waals surface area (Å²) in [5.41, 5.74) is 4.29. The maximum Gasteiger partial charge on any atom is 0.416 e. The normalized spacial score (nSPS) is 12.0. The van der Waals surface area contributed by atoms with E-state index < -0.39 is 23.5 Å². The van der Waals surface area contributed by atoms with Crippen LogP contribution in [0.5, 0.6) is 0 Å². The molecule has 10 aromatic rings. The van der Waals surface area contributed by atoms with E-state index in [0.717, 1.165) is 68.1 Å². The molecule has 0 saturated carbocycles. The molecular weight excluding hydrogens is 795 g/mol. The molecule has 0 spiro atoms. The van der Waals surface area contributed by atoms with Gasteiger partial charge in [-0.2, -0.15) is 36.9 Å². The zero-order chi connectivity index (χ0) is 42.9. The number of benzene rings is 8. The summed E-state index contributed by atoms with van der Waals surface area (Å²) in [4.78, 5) is 0. The third-order valence-electron chi connectivity index (χ3n) is 11.4. The molecule has 0 bridgehead atoms. The summed E-state index contributed by atoms with van der Waals surface area (Å²) in [6, 6.07) is 50.6. The van der Waals surface area contributed by atoms with Crippen molar-refractivity contribution >= 4 is 43.6 Å². The highest BCUT2D eigenvalue weighted by atomic mass is 19.4. The van der Waals surface area contributed by atoms with E-state index in [1.807, 2.05) is 60.7 Å². The minimum atomic E-state index is -4.88. The third kappa shape index (κ3) is 6.32. The van der Waals surface area contributed by atoms with Crippen LogP contribution in [-0.4, -0.2) is 9.13 Å². The third-order valence-corrected chi connectivity index (χ3v) is 11.4. The molecule has 8 aromatic carbocycles. The highest BCUT2D eigenvalue weighted by Gasteiger charge is 2.35. The lowest BCUT2D eigenvalue weighted by atomic mass is 9.96. The lowest BCUT2D eigenvalue weighted by Gasteiger charge is -2.23. The maximum atomic E-state index is 15.5. The van der Waals surface area contributed by atoms with Gasteiger partial charge >= 0.3 is 12.4 Å². The second-order valence-electron chi connectivity index (χ2n) is 15.0. The van der Waals surface area contributed by atoms with Gasteiger partial charge in [0, 0.05) is 27.1 Å². The highest BCUT2D eigenvalue weighted by Crippen LogP contribution is 2.47. The second-order valence-corrected chi connectivity index (χ2v) is 15.0. The molecule has 2 aromatic heterocycles. The number of aromatic nitrogens is 2. The Morgan fingerprint density at radius 3 is 1.21 bits per heavy atom. The van der Waals surface area contributed by atoms with E-state index in [2.05, 4.69) is 12.1 Å². The van der Waals surface area contributed by atoms with Gasteiger partial charge < -0.3 is 9.13 Å². The molecule has 4 nitrogen and oxygen atoms in total. The van der Waals surface area contributed by atoms with E-state index in [4.69, 9.17) is 0 Å². The monoisotopic (exact) mass is 822 g/mol. The molecule has 0 aliphatic heterocycles. The fraction of sp³-hybridized carbons (Fsp3) is 0.0385. The number of rotatable bonds is 5. The van der Waals surface area contributed by atoms with Gasteiger partial charge in [-0.1, -0.05) is 97.1 Å². The van der Waals surface area contributed by atoms with E-state index in [-0.39, 0.29) is 22.5 Å². The van der Waals surface area contributed by atoms with Gasteiger partial charge in [-0.15, -0.1) is 0 Å². The van der Waals surface area contributed by atoms with Gasteiger partial charge in [0.25, 0.3) is 0 Å². The van der Waals surface area contributed by atoms with Crippen LogP contribution in [0.3, 0.4) is 0 Å². The van der Waals surface area contributed by atoms with Crippen LogP contribution >= 0.6 is 0 Å². The van der Waals surface area contributed by atoms with Crippen molar-refractivity contribution in [3.63, 3.8) is 0 Å². The number of hydrogen-bond donors (Lipinski definition) is 0. The molecule has 0 aliphatic rings. The van der Waals surface area contributed by atoms with Crippen LogP contribution < -0.4 is 0 Å². The maximum absolute atomic E-state index is 15.5. The molecule has 0 unspecified atom stereocenters. The van der Waals surface area contributed by atoms with Crippen LogP contribution in [-0.2, 0) is 12.4 Å². The van der Waals surface area contributed by atoms with Gasteiger partial charge in [-0.25, -0.2) is 0 Å². The molecule has 298 valence electrons. The Labute approximate surface area is 350 Å². The predicted molar refractivity (Wildman–Crippen MR) is 231 cm³/mol. The number of hydrogen-bond acceptors (Lipinski definition) is 2. The Balaban J connectivity index is 1.37. The summed E-state index contributed by atoms with van der Waals surface area (Å²) in [6.07, 6.45) is -9.64. The van der Waals surface area contributed by atoms with Gasteiger partial charge in [-0.3, -0.25) is 0 Å². The number of nitriles is 2. The van der Waals surface area contributed by atoms with Crippen LogP contribution in [0.1, 0.15) is 22.3 Å². The number of alkyl halides is 6. The summed E-state index contributed by atoms with van der Waals surface area (Å²) in [6.45, 7) is 0. The molecule has 62 heavy (non-hydrogen) atoms. The topological polar surface area (TPSA) is 57.4 Å². The summed E-state index contributed by atoms with van der Waals surface area (Å²) >= 11 is 0. The van der Waals surface area contributed by atoms with Crippen molar-refractivity contribution in [3.05, 3.63) is 192 Å². The molecule has 10 heteroatoms. The Morgan fingerprint density at radius 2 is 0.774 bits per heavy atom. The van der Waals surface area contributed by atoms with Crippen molar-refractivity contribution in [1.82, 2.24) is 9.13 Å². The lowest BCUT2D eigenvalue weighted by Crippen LogP contribution is -2.11. The fourth-order valence-electron chi connectivity index (χ4n) is 8.57. The quantitative estimate of drug-likeness (QED) is 0.162. The van der Waals surface area contributed by atoms with Crippen LogP contribution in [0.4, 0.5) is 26.3 Å². The Morgan fingerprint density at radius 1 is 0.355 bits per heavy atom. The van der Waals surface area contributed by atoms with Gasteiger partial charge in [0.1, 0.15) is 0 Å². The zero-order valence-electron chi connectivity index (χ0n) is 32.2. The summed E-state index contributed by atoms with van der Waals surface area (Å²) in [7, 11) is 0. The number of fused-ring (bicyclic) bond motifs is 6. The van der Waals surface area contributed by atoms with Crippen LogP contribution in [0.15, 0.2) is 170 Å². The zero-order valence-corrected chi connectivity index (χ0v) is 32.2. The molecule has 10 rings (SSSR count). The van der Waals surface area contributed by atoms with Crippen molar-refractivity contribution in [2.75, 3.05) is 0 Å². The van der Waals surface area contributed by atoms with Gasteiger partial charge in [-0.05, 0) is 101 Å². The average molecular weight is 823 g/mol. The summed E-state index contributed by atoms with van der Waals surface area (Å²) in [5.74, 6) is 0. The second kappa shape index (κ2) is 14.3. The van der Waals surface area contributed by atoms with E-state index in [1.165, 1.54) is 12.1 Å². The van der Waals surface area contributed by atoms with Gasteiger partial charge in [0.05, 0.1) is 67.8 Å². The van der Waals surface area contributed by atoms with E-state index >= 15 is 13.2 Å². The lowest BCUT2D eigenvalue weighted by molar-refractivity contribution is -0.138. The van der Waals surface area contributed by atoms with Crippen molar-refractivity contribution in [2.24, 2.45) is 0 Å². The molecule has 0 atom stereocenters. The van der Waals surface area contributed by atoms with Crippen molar-refractivity contribution in [3.8, 4) is 56.9 Å². The molecule has 2 heterocycles. The fourth-order valence-corrected chi connectivity index (χ4v) is 8.57. The number of para-hydroxylation sites is 2. The van der Waals surface area contributed by atoms with Crippen LogP contribution in [0.25, 0.3) is 88.4 Å². The molecular formula is C52H28F6N4.